The molecular formula is C15H21N2O5P. The van der Waals surface area contributed by atoms with Crippen LogP contribution < -0.4 is 15.5 Å². The zero-order valence-electron chi connectivity index (χ0n) is 13.7. The number of anilines is 1. The van der Waals surface area contributed by atoms with Gasteiger partial charge in [0, 0.05) is 12.6 Å². The highest BCUT2D eigenvalue weighted by atomic mass is 31.2. The van der Waals surface area contributed by atoms with Crippen LogP contribution in [0.3, 0.4) is 0 Å². The van der Waals surface area contributed by atoms with Gasteiger partial charge in [-0.3, -0.25) is 4.57 Å². The molecule has 0 spiro atoms. The summed E-state index contributed by atoms with van der Waals surface area (Å²) >= 11 is 0. The van der Waals surface area contributed by atoms with Crippen LogP contribution in [0.15, 0.2) is 28.7 Å². The van der Waals surface area contributed by atoms with Gasteiger partial charge in [-0.05, 0) is 38.1 Å². The second-order valence-corrected chi connectivity index (χ2v) is 6.42. The maximum absolute atomic E-state index is 12.9. The first-order valence-corrected chi connectivity index (χ1v) is 8.84. The van der Waals surface area contributed by atoms with Crippen LogP contribution in [-0.2, 0) is 13.6 Å². The molecule has 2 rings (SSSR count). The first kappa shape index (κ1) is 17.5. The largest absolute Gasteiger partial charge is 0.497 e. The predicted molar refractivity (Wildman–Crippen MR) is 88.5 cm³/mol. The minimum Gasteiger partial charge on any atom is -0.497 e. The van der Waals surface area contributed by atoms with Crippen LogP contribution in [0.25, 0.3) is 11.5 Å². The first-order valence-electron chi connectivity index (χ1n) is 7.30. The predicted octanol–water partition coefficient (Wildman–Crippen LogP) is 3.28. The third-order valence-corrected chi connectivity index (χ3v) is 5.05. The van der Waals surface area contributed by atoms with Gasteiger partial charge in [-0.2, -0.15) is 4.98 Å². The number of rotatable bonds is 8. The van der Waals surface area contributed by atoms with E-state index >= 15 is 0 Å². The number of aromatic nitrogens is 1. The van der Waals surface area contributed by atoms with Gasteiger partial charge in [0.05, 0.1) is 20.3 Å². The maximum Gasteiger partial charge on any atom is 0.385 e. The van der Waals surface area contributed by atoms with E-state index in [4.69, 9.17) is 18.2 Å². The summed E-state index contributed by atoms with van der Waals surface area (Å²) in [4.78, 5) is 4.33. The number of methoxy groups -OCH3 is 1. The van der Waals surface area contributed by atoms with Crippen LogP contribution >= 0.6 is 7.60 Å². The Kier molecular flexibility index (Phi) is 5.82. The van der Waals surface area contributed by atoms with Gasteiger partial charge < -0.3 is 23.5 Å². The molecule has 8 heteroatoms. The van der Waals surface area contributed by atoms with Crippen molar-refractivity contribution in [3.05, 3.63) is 24.3 Å². The van der Waals surface area contributed by atoms with Crippen LogP contribution in [0, 0.1) is 0 Å². The Morgan fingerprint density at radius 1 is 1.17 bits per heavy atom. The molecule has 0 amide bonds. The second-order valence-electron chi connectivity index (χ2n) is 4.48. The van der Waals surface area contributed by atoms with Crippen molar-refractivity contribution in [1.82, 2.24) is 4.98 Å². The molecule has 0 aliphatic carbocycles. The molecule has 1 aromatic heterocycles. The molecule has 0 atom stereocenters. The lowest BCUT2D eigenvalue weighted by Gasteiger charge is -2.14. The molecule has 0 saturated heterocycles. The topological polar surface area (TPSA) is 82.8 Å². The van der Waals surface area contributed by atoms with Crippen LogP contribution in [-0.4, -0.2) is 32.4 Å². The van der Waals surface area contributed by atoms with Crippen molar-refractivity contribution in [3.63, 3.8) is 0 Å². The second kappa shape index (κ2) is 7.64. The molecule has 126 valence electrons. The molecule has 0 radical (unpaired) electrons. The minimum absolute atomic E-state index is 0.148. The average molecular weight is 340 g/mol. The fourth-order valence-corrected chi connectivity index (χ4v) is 3.64. The van der Waals surface area contributed by atoms with E-state index in [1.54, 1.807) is 52.3 Å². The molecule has 0 unspecified atom stereocenters. The Balaban J connectivity index is 2.45. The van der Waals surface area contributed by atoms with Gasteiger partial charge in [0.1, 0.15) is 5.75 Å². The molecule has 0 fully saturated rings. The zero-order valence-corrected chi connectivity index (χ0v) is 14.6. The van der Waals surface area contributed by atoms with Crippen molar-refractivity contribution < 1.29 is 22.8 Å². The van der Waals surface area contributed by atoms with E-state index in [1.807, 2.05) is 0 Å². The van der Waals surface area contributed by atoms with E-state index in [2.05, 4.69) is 10.3 Å². The summed E-state index contributed by atoms with van der Waals surface area (Å²) in [7, 11) is -0.281. The average Bonchev–Trinajstić information content (AvgIpc) is 3.00. The van der Waals surface area contributed by atoms with Crippen molar-refractivity contribution >= 4 is 18.9 Å². The Labute approximate surface area is 135 Å². The lowest BCUT2D eigenvalue weighted by molar-refractivity contribution is 0.229. The molecule has 0 saturated carbocycles. The van der Waals surface area contributed by atoms with Gasteiger partial charge in [-0.25, -0.2) is 0 Å². The van der Waals surface area contributed by atoms with Crippen molar-refractivity contribution in [3.8, 4) is 17.2 Å². The lowest BCUT2D eigenvalue weighted by atomic mass is 10.2. The monoisotopic (exact) mass is 340 g/mol. The van der Waals surface area contributed by atoms with Gasteiger partial charge >= 0.3 is 7.60 Å². The van der Waals surface area contributed by atoms with Crippen molar-refractivity contribution in [2.75, 3.05) is 32.7 Å². The van der Waals surface area contributed by atoms with E-state index in [0.717, 1.165) is 11.3 Å². The lowest BCUT2D eigenvalue weighted by Crippen LogP contribution is -2.15. The zero-order chi connectivity index (χ0) is 16.9. The van der Waals surface area contributed by atoms with E-state index < -0.39 is 7.60 Å². The molecule has 0 aliphatic rings. The van der Waals surface area contributed by atoms with Gasteiger partial charge in [-0.15, -0.1) is 0 Å². The summed E-state index contributed by atoms with van der Waals surface area (Å²) in [5.74, 6) is 1.32. The van der Waals surface area contributed by atoms with E-state index in [1.165, 1.54) is 0 Å². The van der Waals surface area contributed by atoms with Crippen LogP contribution in [0.5, 0.6) is 5.75 Å². The van der Waals surface area contributed by atoms with Gasteiger partial charge in [0.15, 0.2) is 0 Å². The summed E-state index contributed by atoms with van der Waals surface area (Å²) < 4.78 is 34.4. The number of nitrogens with zero attached hydrogens (tertiary/aromatic N) is 1. The Morgan fingerprint density at radius 2 is 1.78 bits per heavy atom. The number of oxazole rings is 1. The Bertz CT molecular complexity index is 674. The number of nitrogens with one attached hydrogen (secondary N) is 1. The minimum atomic E-state index is -3.53. The van der Waals surface area contributed by atoms with Crippen molar-refractivity contribution in [2.45, 2.75) is 13.8 Å². The van der Waals surface area contributed by atoms with Gasteiger partial charge in [0.2, 0.25) is 17.2 Å². The molecule has 7 nitrogen and oxygen atoms in total. The summed E-state index contributed by atoms with van der Waals surface area (Å²) in [5, 5.41) is 2.84. The smallest absolute Gasteiger partial charge is 0.385 e. The molecule has 1 N–H and O–H groups in total. The highest BCUT2D eigenvalue weighted by Crippen LogP contribution is 2.49. The SMILES string of the molecule is CCOP(=O)(OCC)c1nc(-c2ccc(OC)cc2)oc1NC. The molecule has 0 aliphatic heterocycles. The highest BCUT2D eigenvalue weighted by molar-refractivity contribution is 7.62. The molecule has 0 bridgehead atoms. The van der Waals surface area contributed by atoms with E-state index in [-0.39, 0.29) is 24.5 Å². The normalized spacial score (nSPS) is 11.5. The summed E-state index contributed by atoms with van der Waals surface area (Å²) in [6, 6.07) is 7.20. The Hall–Kier alpha value is -1.82. The van der Waals surface area contributed by atoms with E-state index in [9.17, 15) is 4.57 Å². The van der Waals surface area contributed by atoms with Gasteiger partial charge in [-0.1, -0.05) is 0 Å². The first-order chi connectivity index (χ1) is 11.1. The van der Waals surface area contributed by atoms with Crippen LogP contribution in [0.1, 0.15) is 13.8 Å². The van der Waals surface area contributed by atoms with Crippen molar-refractivity contribution in [2.24, 2.45) is 0 Å². The standard InChI is InChI=1S/C15H21N2O5P/c1-5-20-23(18,21-6-2)15-14(16-3)22-13(17-15)11-7-9-12(19-4)10-8-11/h7-10,16H,5-6H2,1-4H3. The summed E-state index contributed by atoms with van der Waals surface area (Å²) in [6.45, 7) is 3.97. The number of hydrogen-bond donors (Lipinski definition) is 1. The highest BCUT2D eigenvalue weighted by Gasteiger charge is 2.35. The maximum atomic E-state index is 12.9. The molecule has 1 heterocycles. The third kappa shape index (κ3) is 3.75. The molecule has 1 aromatic carbocycles. The fourth-order valence-electron chi connectivity index (χ4n) is 2.02. The molecule has 23 heavy (non-hydrogen) atoms. The third-order valence-electron chi connectivity index (χ3n) is 3.03. The quantitative estimate of drug-likeness (QED) is 0.738. The van der Waals surface area contributed by atoms with Crippen molar-refractivity contribution in [1.29, 1.82) is 0 Å². The summed E-state index contributed by atoms with van der Waals surface area (Å²) in [6.07, 6.45) is 0. The molecular weight excluding hydrogens is 319 g/mol. The fraction of sp³-hybridized carbons (Fsp3) is 0.400. The van der Waals surface area contributed by atoms with Crippen LogP contribution in [0.2, 0.25) is 0 Å². The number of ether oxygens (including phenoxy) is 1. The van der Waals surface area contributed by atoms with Gasteiger partial charge in [0.25, 0.3) is 0 Å². The molecule has 2 aromatic rings. The van der Waals surface area contributed by atoms with E-state index in [0.29, 0.717) is 5.89 Å². The Morgan fingerprint density at radius 3 is 2.26 bits per heavy atom. The summed E-state index contributed by atoms with van der Waals surface area (Å²) in [5.41, 5.74) is 0.877. The number of benzene rings is 1. The van der Waals surface area contributed by atoms with Crippen LogP contribution in [0.4, 0.5) is 5.88 Å². The number of hydrogen-bond acceptors (Lipinski definition) is 7.